The summed E-state index contributed by atoms with van der Waals surface area (Å²) in [6.07, 6.45) is 2.58. The Morgan fingerprint density at radius 1 is 1.16 bits per heavy atom. The van der Waals surface area contributed by atoms with Gasteiger partial charge in [-0.3, -0.25) is 14.8 Å². The van der Waals surface area contributed by atoms with Gasteiger partial charge in [0, 0.05) is 51.9 Å². The second kappa shape index (κ2) is 5.67. The first kappa shape index (κ1) is 13.2. The van der Waals surface area contributed by atoms with Gasteiger partial charge in [0.05, 0.1) is 6.54 Å². The van der Waals surface area contributed by atoms with Gasteiger partial charge in [-0.2, -0.15) is 0 Å². The van der Waals surface area contributed by atoms with Crippen molar-refractivity contribution in [3.05, 3.63) is 0 Å². The second-order valence-electron chi connectivity index (χ2n) is 6.38. The summed E-state index contributed by atoms with van der Waals surface area (Å²) in [5.41, 5.74) is 6.17. The minimum Gasteiger partial charge on any atom is -0.370 e. The lowest BCUT2D eigenvalue weighted by Crippen LogP contribution is -2.62. The van der Waals surface area contributed by atoms with Gasteiger partial charge in [0.1, 0.15) is 0 Å². The monoisotopic (exact) mass is 265 g/mol. The number of hydrogen-bond donors (Lipinski definition) is 1. The van der Waals surface area contributed by atoms with Crippen LogP contribution >= 0.6 is 0 Å². The minimum atomic E-state index is 0.586. The minimum absolute atomic E-state index is 0.586. The molecule has 0 aliphatic carbocycles. The van der Waals surface area contributed by atoms with Gasteiger partial charge in [-0.15, -0.1) is 0 Å². The number of nitrogens with two attached hydrogens (primary N) is 1. The largest absolute Gasteiger partial charge is 0.370 e. The van der Waals surface area contributed by atoms with Crippen molar-refractivity contribution >= 4 is 5.96 Å². The van der Waals surface area contributed by atoms with Crippen LogP contribution in [0.3, 0.4) is 0 Å². The molecule has 2 atom stereocenters. The molecule has 0 radical (unpaired) electrons. The highest BCUT2D eigenvalue weighted by atomic mass is 15.4. The summed E-state index contributed by atoms with van der Waals surface area (Å²) in [4.78, 5) is 12.1. The maximum Gasteiger partial charge on any atom is 0.191 e. The van der Waals surface area contributed by atoms with Gasteiger partial charge < -0.3 is 10.6 Å². The topological polar surface area (TPSA) is 48.1 Å². The number of fused-ring (bicyclic) bond motifs is 3. The van der Waals surface area contributed by atoms with Crippen LogP contribution in [0.1, 0.15) is 19.8 Å². The van der Waals surface area contributed by atoms with Crippen LogP contribution in [0.5, 0.6) is 0 Å². The summed E-state index contributed by atoms with van der Waals surface area (Å²) < 4.78 is 0. The number of rotatable bonds is 2. The molecule has 19 heavy (non-hydrogen) atoms. The molecule has 0 saturated carbocycles. The molecular weight excluding hydrogens is 238 g/mol. The van der Waals surface area contributed by atoms with E-state index in [1.54, 1.807) is 0 Å². The smallest absolute Gasteiger partial charge is 0.191 e. The summed E-state index contributed by atoms with van der Waals surface area (Å²) in [6, 6.07) is 0.586. The molecule has 4 fully saturated rings. The summed E-state index contributed by atoms with van der Waals surface area (Å²) >= 11 is 0. The van der Waals surface area contributed by atoms with Crippen molar-refractivity contribution in [1.82, 2.24) is 14.7 Å². The molecule has 0 aromatic heterocycles. The summed E-state index contributed by atoms with van der Waals surface area (Å²) in [7, 11) is 0. The molecule has 4 saturated heterocycles. The highest BCUT2D eigenvalue weighted by Gasteiger charge is 2.31. The van der Waals surface area contributed by atoms with Crippen molar-refractivity contribution in [2.24, 2.45) is 16.6 Å². The van der Waals surface area contributed by atoms with Gasteiger partial charge in [-0.1, -0.05) is 6.92 Å². The predicted molar refractivity (Wildman–Crippen MR) is 78.3 cm³/mol. The molecule has 0 aromatic carbocycles. The Balaban J connectivity index is 1.53. The lowest BCUT2D eigenvalue weighted by Gasteiger charge is -2.47. The van der Waals surface area contributed by atoms with Crippen LogP contribution in [-0.4, -0.2) is 79.1 Å². The molecule has 5 nitrogen and oxygen atoms in total. The van der Waals surface area contributed by atoms with Gasteiger partial charge in [-0.05, 0) is 18.8 Å². The molecule has 0 spiro atoms. The summed E-state index contributed by atoms with van der Waals surface area (Å²) in [5, 5.41) is 0. The van der Waals surface area contributed by atoms with Crippen LogP contribution < -0.4 is 5.73 Å². The van der Waals surface area contributed by atoms with Crippen molar-refractivity contribution < 1.29 is 0 Å². The van der Waals surface area contributed by atoms with Gasteiger partial charge in [-0.25, -0.2) is 0 Å². The van der Waals surface area contributed by atoms with Crippen molar-refractivity contribution in [1.29, 1.82) is 0 Å². The number of hydrogen-bond acceptors (Lipinski definition) is 3. The van der Waals surface area contributed by atoms with Crippen LogP contribution in [-0.2, 0) is 0 Å². The zero-order chi connectivity index (χ0) is 13.2. The van der Waals surface area contributed by atoms with Crippen LogP contribution in [0.2, 0.25) is 0 Å². The first-order chi connectivity index (χ1) is 9.22. The number of likely N-dealkylation sites (tertiary alicyclic amines) is 1. The summed E-state index contributed by atoms with van der Waals surface area (Å²) in [6.45, 7) is 11.4. The zero-order valence-electron chi connectivity index (χ0n) is 12.1. The lowest BCUT2D eigenvalue weighted by atomic mass is 10.0. The molecule has 108 valence electrons. The molecule has 2 N–H and O–H groups in total. The van der Waals surface area contributed by atoms with Crippen molar-refractivity contribution in [3.8, 4) is 0 Å². The first-order valence-electron chi connectivity index (χ1n) is 7.73. The standard InChI is InChI=1S/C14H27N5/c1-12-3-2-4-19(10-12)14(15)16-9-13-11-17-5-7-18(13)8-6-17/h12-13H,2-11H2,1H3,(H2,15,16). The molecule has 2 unspecified atom stereocenters. The van der Waals surface area contributed by atoms with E-state index in [-0.39, 0.29) is 0 Å². The Morgan fingerprint density at radius 3 is 2.58 bits per heavy atom. The second-order valence-corrected chi connectivity index (χ2v) is 6.38. The maximum atomic E-state index is 6.17. The van der Waals surface area contributed by atoms with Gasteiger partial charge >= 0.3 is 0 Å². The van der Waals surface area contributed by atoms with Crippen molar-refractivity contribution in [2.75, 3.05) is 52.4 Å². The van der Waals surface area contributed by atoms with Crippen molar-refractivity contribution in [2.45, 2.75) is 25.8 Å². The van der Waals surface area contributed by atoms with E-state index in [0.29, 0.717) is 6.04 Å². The van der Waals surface area contributed by atoms with Crippen LogP contribution in [0.15, 0.2) is 4.99 Å². The highest BCUT2D eigenvalue weighted by molar-refractivity contribution is 5.78. The van der Waals surface area contributed by atoms with E-state index in [1.807, 2.05) is 0 Å². The number of aliphatic imine (C=N–C) groups is 1. The van der Waals surface area contributed by atoms with E-state index >= 15 is 0 Å². The molecule has 0 aromatic rings. The fourth-order valence-electron chi connectivity index (χ4n) is 3.59. The maximum absolute atomic E-state index is 6.17. The van der Waals surface area contributed by atoms with E-state index < -0.39 is 0 Å². The van der Waals surface area contributed by atoms with Crippen LogP contribution in [0.25, 0.3) is 0 Å². The number of guanidine groups is 1. The van der Waals surface area contributed by atoms with Gasteiger partial charge in [0.2, 0.25) is 0 Å². The Bertz CT molecular complexity index is 335. The fourth-order valence-corrected chi connectivity index (χ4v) is 3.59. The molecule has 2 bridgehead atoms. The molecule has 0 amide bonds. The molecule has 4 heterocycles. The average molecular weight is 265 g/mol. The average Bonchev–Trinajstić information content (AvgIpc) is 2.46. The van der Waals surface area contributed by atoms with E-state index in [9.17, 15) is 0 Å². The Morgan fingerprint density at radius 2 is 1.95 bits per heavy atom. The van der Waals surface area contributed by atoms with Gasteiger partial charge in [0.25, 0.3) is 0 Å². The van der Waals surface area contributed by atoms with E-state index in [2.05, 4.69) is 26.6 Å². The van der Waals surface area contributed by atoms with E-state index in [1.165, 1.54) is 45.6 Å². The SMILES string of the molecule is CC1CCCN(C(N)=NCC2CN3CCN2CC3)C1. The third-order valence-corrected chi connectivity index (χ3v) is 4.84. The number of piperidine rings is 1. The molecule has 4 aliphatic heterocycles. The van der Waals surface area contributed by atoms with Crippen molar-refractivity contribution in [3.63, 3.8) is 0 Å². The molecule has 4 aliphatic rings. The predicted octanol–water partition coefficient (Wildman–Crippen LogP) is 0.0328. The number of piperazine rings is 3. The number of nitrogens with zero attached hydrogens (tertiary/aromatic N) is 4. The fraction of sp³-hybridized carbons (Fsp3) is 0.929. The van der Waals surface area contributed by atoms with E-state index in [0.717, 1.165) is 31.5 Å². The van der Waals surface area contributed by atoms with E-state index in [4.69, 9.17) is 5.73 Å². The third kappa shape index (κ3) is 3.03. The Hall–Kier alpha value is -0.810. The Labute approximate surface area is 116 Å². The molecule has 5 heteroatoms. The van der Waals surface area contributed by atoms with Gasteiger partial charge in [0.15, 0.2) is 5.96 Å². The Kier molecular flexibility index (Phi) is 3.93. The normalized spacial score (nSPS) is 39.6. The van der Waals surface area contributed by atoms with Crippen LogP contribution in [0.4, 0.5) is 0 Å². The lowest BCUT2D eigenvalue weighted by molar-refractivity contribution is 0.0173. The third-order valence-electron chi connectivity index (χ3n) is 4.84. The zero-order valence-corrected chi connectivity index (χ0v) is 12.1. The molecular formula is C14H27N5. The highest BCUT2D eigenvalue weighted by Crippen LogP contribution is 2.17. The quantitative estimate of drug-likeness (QED) is 0.565. The van der Waals surface area contributed by atoms with Crippen LogP contribution in [0, 0.1) is 5.92 Å². The first-order valence-corrected chi connectivity index (χ1v) is 7.73. The molecule has 4 rings (SSSR count). The summed E-state index contributed by atoms with van der Waals surface area (Å²) in [5.74, 6) is 1.52.